The normalized spacial score (nSPS) is 27.4. The van der Waals surface area contributed by atoms with Gasteiger partial charge in [0.25, 0.3) is 5.82 Å². The van der Waals surface area contributed by atoms with Crippen molar-refractivity contribution in [2.75, 3.05) is 0 Å². The SMILES string of the molecule is [2H]C([2H])([2H])c1n2c(c(C)[n+]1-c1ccccc1C)C([2H])(C1CCCC1)C=C2. The first-order valence-corrected chi connectivity index (χ1v) is 8.18. The van der Waals surface area contributed by atoms with Gasteiger partial charge in [0, 0.05) is 25.2 Å². The minimum atomic E-state index is -2.27. The Bertz CT molecular complexity index is 888. The largest absolute Gasteiger partial charge is 0.263 e. The lowest BCUT2D eigenvalue weighted by atomic mass is 9.88. The molecule has 1 unspecified atom stereocenters. The number of rotatable bonds is 2. The smallest absolute Gasteiger partial charge is 0.203 e. The van der Waals surface area contributed by atoms with E-state index in [0.29, 0.717) is 0 Å². The van der Waals surface area contributed by atoms with Crippen LogP contribution in [0.1, 0.15) is 59.8 Å². The second-order valence-corrected chi connectivity index (χ2v) is 6.50. The minimum Gasteiger partial charge on any atom is -0.203 e. The third-order valence-electron chi connectivity index (χ3n) is 5.19. The maximum absolute atomic E-state index is 9.23. The van der Waals surface area contributed by atoms with Gasteiger partial charge in [0.15, 0.2) is 5.69 Å². The molecule has 0 amide bonds. The van der Waals surface area contributed by atoms with Crippen molar-refractivity contribution in [2.24, 2.45) is 5.92 Å². The zero-order valence-corrected chi connectivity index (χ0v) is 13.3. The molecule has 0 N–H and O–H groups in total. The van der Waals surface area contributed by atoms with Crippen LogP contribution in [0.5, 0.6) is 0 Å². The third kappa shape index (κ3) is 1.89. The maximum Gasteiger partial charge on any atom is 0.263 e. The van der Waals surface area contributed by atoms with E-state index in [-0.39, 0.29) is 11.7 Å². The Balaban J connectivity index is 2.01. The number of aryl methyl sites for hydroxylation is 1. The van der Waals surface area contributed by atoms with E-state index in [4.69, 9.17) is 4.11 Å². The van der Waals surface area contributed by atoms with Crippen molar-refractivity contribution in [1.29, 1.82) is 0 Å². The Morgan fingerprint density at radius 3 is 2.73 bits per heavy atom. The highest BCUT2D eigenvalue weighted by molar-refractivity contribution is 5.44. The summed E-state index contributed by atoms with van der Waals surface area (Å²) in [6, 6.07) is 7.84. The Morgan fingerprint density at radius 1 is 1.23 bits per heavy atom. The summed E-state index contributed by atoms with van der Waals surface area (Å²) in [6.45, 7) is 1.68. The Hall–Kier alpha value is -1.83. The Labute approximate surface area is 138 Å². The summed E-state index contributed by atoms with van der Waals surface area (Å²) in [5.74, 6) is -0.319. The van der Waals surface area contributed by atoms with E-state index in [0.717, 1.165) is 48.3 Å². The number of aromatic nitrogens is 2. The number of imidazole rings is 1. The van der Waals surface area contributed by atoms with Crippen molar-refractivity contribution in [2.45, 2.75) is 52.3 Å². The predicted molar refractivity (Wildman–Crippen MR) is 90.2 cm³/mol. The average Bonchev–Trinajstić information content (AvgIpc) is 3.26. The molecule has 0 spiro atoms. The number of fused-ring (bicyclic) bond motifs is 1. The van der Waals surface area contributed by atoms with Gasteiger partial charge in [0.2, 0.25) is 0 Å². The summed E-state index contributed by atoms with van der Waals surface area (Å²) in [5, 5.41) is 0. The molecule has 1 aliphatic heterocycles. The quantitative estimate of drug-likeness (QED) is 0.724. The first kappa shape index (κ1) is 10.0. The molecule has 1 fully saturated rings. The molecule has 1 aliphatic carbocycles. The monoisotopic (exact) mass is 297 g/mol. The highest BCUT2D eigenvalue weighted by Gasteiger charge is 2.38. The molecule has 2 heteroatoms. The van der Waals surface area contributed by atoms with Crippen LogP contribution in [0.2, 0.25) is 0 Å². The lowest BCUT2D eigenvalue weighted by molar-refractivity contribution is -0.609. The van der Waals surface area contributed by atoms with Crippen molar-refractivity contribution in [3.05, 3.63) is 53.1 Å². The van der Waals surface area contributed by atoms with Gasteiger partial charge in [-0.25, -0.2) is 4.57 Å². The van der Waals surface area contributed by atoms with Crippen molar-refractivity contribution < 1.29 is 10.1 Å². The summed E-state index contributed by atoms with van der Waals surface area (Å²) in [7, 11) is 0. The van der Waals surface area contributed by atoms with Gasteiger partial charge in [-0.1, -0.05) is 31.0 Å². The lowest BCUT2D eigenvalue weighted by Crippen LogP contribution is -2.36. The van der Waals surface area contributed by atoms with E-state index in [9.17, 15) is 1.37 Å². The van der Waals surface area contributed by atoms with Gasteiger partial charge >= 0.3 is 0 Å². The van der Waals surface area contributed by atoms with Gasteiger partial charge in [-0.2, -0.15) is 4.57 Å². The third-order valence-corrected chi connectivity index (χ3v) is 5.19. The van der Waals surface area contributed by atoms with Gasteiger partial charge in [-0.15, -0.1) is 0 Å². The topological polar surface area (TPSA) is 8.81 Å². The number of para-hydroxylation sites is 1. The predicted octanol–water partition coefficient (Wildman–Crippen LogP) is 4.45. The van der Waals surface area contributed by atoms with E-state index in [2.05, 4.69) is 0 Å². The first-order valence-electron chi connectivity index (χ1n) is 10.2. The van der Waals surface area contributed by atoms with Crippen molar-refractivity contribution in [1.82, 2.24) is 4.57 Å². The molecule has 2 heterocycles. The Kier molecular flexibility index (Phi) is 2.34. The number of hydrogen-bond donors (Lipinski definition) is 0. The molecular weight excluding hydrogens is 268 g/mol. The molecule has 0 radical (unpaired) electrons. The van der Waals surface area contributed by atoms with Gasteiger partial charge in [0.05, 0.1) is 6.20 Å². The van der Waals surface area contributed by atoms with Crippen LogP contribution in [0.3, 0.4) is 0 Å². The molecule has 1 atom stereocenters. The Morgan fingerprint density at radius 2 is 2.00 bits per heavy atom. The molecule has 2 aliphatic rings. The molecule has 2 aromatic rings. The van der Waals surface area contributed by atoms with E-state index >= 15 is 0 Å². The zero-order chi connectivity index (χ0) is 18.7. The van der Waals surface area contributed by atoms with Crippen LogP contribution in [0.25, 0.3) is 11.9 Å². The molecule has 4 rings (SSSR count). The van der Waals surface area contributed by atoms with Crippen LogP contribution < -0.4 is 4.57 Å². The molecule has 2 nitrogen and oxygen atoms in total. The molecule has 0 bridgehead atoms. The van der Waals surface area contributed by atoms with E-state index in [1.807, 2.05) is 55.0 Å². The lowest BCUT2D eigenvalue weighted by Gasteiger charge is -2.14. The van der Waals surface area contributed by atoms with Gasteiger partial charge < -0.3 is 0 Å². The van der Waals surface area contributed by atoms with Crippen LogP contribution in [0.15, 0.2) is 30.3 Å². The van der Waals surface area contributed by atoms with E-state index in [1.54, 1.807) is 4.57 Å². The van der Waals surface area contributed by atoms with Crippen LogP contribution in [-0.4, -0.2) is 4.57 Å². The minimum absolute atomic E-state index is 0.253. The van der Waals surface area contributed by atoms with Gasteiger partial charge in [-0.3, -0.25) is 0 Å². The van der Waals surface area contributed by atoms with Crippen LogP contribution in [0.4, 0.5) is 0 Å². The first-order chi connectivity index (χ1) is 12.2. The standard InChI is InChI=1S/C20H25N2/c1-14-8-4-7-11-19(14)22-15(2)20-18(17-9-5-6-10-17)12-13-21(20)16(22)3/h4,7-8,11-13,17-18H,5-6,9-10H2,1-3H3/q+1/i3D3,18D. The summed E-state index contributed by atoms with van der Waals surface area (Å²) < 4.78 is 37.3. The van der Waals surface area contributed by atoms with Gasteiger partial charge in [-0.05, 0) is 43.4 Å². The van der Waals surface area contributed by atoms with Crippen LogP contribution in [0, 0.1) is 26.6 Å². The molecule has 22 heavy (non-hydrogen) atoms. The molecule has 1 saturated carbocycles. The summed E-state index contributed by atoms with van der Waals surface area (Å²) >= 11 is 0. The van der Waals surface area contributed by atoms with Gasteiger partial charge in [0.1, 0.15) is 11.4 Å². The highest BCUT2D eigenvalue weighted by Crippen LogP contribution is 2.42. The fourth-order valence-electron chi connectivity index (χ4n) is 4.05. The van der Waals surface area contributed by atoms with Crippen LogP contribution in [-0.2, 0) is 0 Å². The number of allylic oxidation sites excluding steroid dienone is 1. The molecular formula is C20H25N2+. The molecule has 1 aromatic carbocycles. The fraction of sp³-hybridized carbons (Fsp3) is 0.450. The van der Waals surface area contributed by atoms with Crippen molar-refractivity contribution in [3.63, 3.8) is 0 Å². The number of hydrogen-bond acceptors (Lipinski definition) is 0. The summed E-state index contributed by atoms with van der Waals surface area (Å²) in [5.41, 5.74) is 3.58. The highest BCUT2D eigenvalue weighted by atomic mass is 15.2. The zero-order valence-electron chi connectivity index (χ0n) is 17.3. The molecule has 0 saturated heterocycles. The average molecular weight is 297 g/mol. The number of nitrogens with zero attached hydrogens (tertiary/aromatic N) is 2. The van der Waals surface area contributed by atoms with E-state index in [1.165, 1.54) is 0 Å². The second kappa shape index (κ2) is 5.12. The molecule has 1 aromatic heterocycles. The summed E-state index contributed by atoms with van der Waals surface area (Å²) in [4.78, 5) is 0. The molecule has 114 valence electrons. The van der Waals surface area contributed by atoms with Crippen molar-refractivity contribution in [3.8, 4) is 5.69 Å². The second-order valence-electron chi connectivity index (χ2n) is 6.50. The summed E-state index contributed by atoms with van der Waals surface area (Å²) in [6.07, 6.45) is 8.09. The number of benzene rings is 1. The maximum atomic E-state index is 9.23. The van der Waals surface area contributed by atoms with E-state index < -0.39 is 12.7 Å². The van der Waals surface area contributed by atoms with Crippen molar-refractivity contribution >= 4 is 6.20 Å². The fourth-order valence-corrected chi connectivity index (χ4v) is 4.05. The van der Waals surface area contributed by atoms with Crippen LogP contribution >= 0.6 is 0 Å².